The number of ether oxygens (including phenoxy) is 1. The van der Waals surface area contributed by atoms with Gasteiger partial charge in [0.15, 0.2) is 0 Å². The number of rotatable bonds is 1. The molecule has 0 saturated carbocycles. The summed E-state index contributed by atoms with van der Waals surface area (Å²) in [5.74, 6) is 2.80. The molecule has 0 aromatic rings. The molecule has 2 unspecified atom stereocenters. The Morgan fingerprint density at radius 1 is 1.56 bits per heavy atom. The zero-order valence-electron chi connectivity index (χ0n) is 10.6. The number of nitrogens with zero attached hydrogens (tertiary/aromatic N) is 1. The second-order valence-corrected chi connectivity index (χ2v) is 5.34. The van der Waals surface area contributed by atoms with Crippen molar-refractivity contribution in [1.82, 2.24) is 4.90 Å². The first kappa shape index (κ1) is 12.9. The van der Waals surface area contributed by atoms with E-state index in [2.05, 4.69) is 5.92 Å². The molecule has 0 N–H and O–H groups in total. The van der Waals surface area contributed by atoms with E-state index in [1.807, 2.05) is 27.7 Å². The van der Waals surface area contributed by atoms with Crippen LogP contribution in [0.2, 0.25) is 0 Å². The summed E-state index contributed by atoms with van der Waals surface area (Å²) in [7, 11) is 0. The summed E-state index contributed by atoms with van der Waals surface area (Å²) >= 11 is 0. The van der Waals surface area contributed by atoms with Gasteiger partial charge < -0.3 is 9.64 Å². The molecule has 1 fully saturated rings. The van der Waals surface area contributed by atoms with Crippen LogP contribution >= 0.6 is 0 Å². The number of terminal acetylenes is 1. The van der Waals surface area contributed by atoms with Crippen molar-refractivity contribution < 1.29 is 9.53 Å². The van der Waals surface area contributed by atoms with Crippen LogP contribution in [0, 0.1) is 18.3 Å². The molecule has 1 heterocycles. The van der Waals surface area contributed by atoms with Crippen LogP contribution in [-0.2, 0) is 4.74 Å². The van der Waals surface area contributed by atoms with E-state index in [1.54, 1.807) is 4.90 Å². The van der Waals surface area contributed by atoms with Crippen molar-refractivity contribution in [2.45, 2.75) is 52.2 Å². The van der Waals surface area contributed by atoms with Crippen molar-refractivity contribution in [3.63, 3.8) is 0 Å². The quantitative estimate of drug-likeness (QED) is 0.640. The fraction of sp³-hybridized carbons (Fsp3) is 0.769. The first-order chi connectivity index (χ1) is 7.35. The third-order valence-electron chi connectivity index (χ3n) is 2.77. The standard InChI is InChI=1S/C13H21NO2/c1-6-10(2)11-8-7-9-14(11)12(15)16-13(3,4)5/h1,10-11H,7-9H2,2-5H3. The minimum absolute atomic E-state index is 0.0926. The van der Waals surface area contributed by atoms with Crippen molar-refractivity contribution in [2.75, 3.05) is 6.54 Å². The van der Waals surface area contributed by atoms with Crippen LogP contribution in [0.25, 0.3) is 0 Å². The topological polar surface area (TPSA) is 29.5 Å². The molecule has 16 heavy (non-hydrogen) atoms. The predicted molar refractivity (Wildman–Crippen MR) is 64.0 cm³/mol. The number of carbonyl (C=O) groups excluding carboxylic acids is 1. The molecule has 90 valence electrons. The number of hydrogen-bond acceptors (Lipinski definition) is 2. The van der Waals surface area contributed by atoms with Gasteiger partial charge in [-0.3, -0.25) is 0 Å². The van der Waals surface area contributed by atoms with Crippen molar-refractivity contribution >= 4 is 6.09 Å². The normalized spacial score (nSPS) is 22.7. The zero-order chi connectivity index (χ0) is 12.3. The van der Waals surface area contributed by atoms with Crippen molar-refractivity contribution in [3.8, 4) is 12.3 Å². The lowest BCUT2D eigenvalue weighted by Gasteiger charge is -2.30. The van der Waals surface area contributed by atoms with Gasteiger partial charge in [-0.15, -0.1) is 12.3 Å². The monoisotopic (exact) mass is 223 g/mol. The van der Waals surface area contributed by atoms with Crippen LogP contribution < -0.4 is 0 Å². The molecule has 3 heteroatoms. The Balaban J connectivity index is 2.65. The van der Waals surface area contributed by atoms with E-state index in [0.717, 1.165) is 19.4 Å². The van der Waals surface area contributed by atoms with E-state index < -0.39 is 5.60 Å². The third-order valence-corrected chi connectivity index (χ3v) is 2.77. The molecular weight excluding hydrogens is 202 g/mol. The van der Waals surface area contributed by atoms with Crippen molar-refractivity contribution in [2.24, 2.45) is 5.92 Å². The van der Waals surface area contributed by atoms with Gasteiger partial charge in [0.25, 0.3) is 0 Å². The molecule has 0 aliphatic carbocycles. The fourth-order valence-corrected chi connectivity index (χ4v) is 1.97. The molecule has 1 rings (SSSR count). The molecule has 0 aromatic heterocycles. The Morgan fingerprint density at radius 3 is 2.69 bits per heavy atom. The fourth-order valence-electron chi connectivity index (χ4n) is 1.97. The SMILES string of the molecule is C#CC(C)C1CCCN1C(=O)OC(C)(C)C. The summed E-state index contributed by atoms with van der Waals surface area (Å²) in [6, 6.07) is 0.139. The van der Waals surface area contributed by atoms with Crippen LogP contribution in [0.3, 0.4) is 0 Å². The van der Waals surface area contributed by atoms with Crippen LogP contribution in [0.4, 0.5) is 4.79 Å². The Kier molecular flexibility index (Phi) is 3.85. The van der Waals surface area contributed by atoms with Gasteiger partial charge >= 0.3 is 6.09 Å². The Bertz CT molecular complexity index is 298. The summed E-state index contributed by atoms with van der Waals surface area (Å²) in [6.07, 6.45) is 7.16. The maximum atomic E-state index is 11.9. The Labute approximate surface area is 98.1 Å². The molecule has 1 aliphatic rings. The van der Waals surface area contributed by atoms with Gasteiger partial charge in [-0.1, -0.05) is 0 Å². The van der Waals surface area contributed by atoms with Gasteiger partial charge in [0.2, 0.25) is 0 Å². The van der Waals surface area contributed by atoms with E-state index in [4.69, 9.17) is 11.2 Å². The summed E-state index contributed by atoms with van der Waals surface area (Å²) in [5, 5.41) is 0. The lowest BCUT2D eigenvalue weighted by atomic mass is 10.0. The highest BCUT2D eigenvalue weighted by Gasteiger charge is 2.34. The predicted octanol–water partition coefficient (Wildman–Crippen LogP) is 2.66. The highest BCUT2D eigenvalue weighted by Crippen LogP contribution is 2.25. The first-order valence-electron chi connectivity index (χ1n) is 5.81. The van der Waals surface area contributed by atoms with E-state index in [9.17, 15) is 4.79 Å². The van der Waals surface area contributed by atoms with Crippen LogP contribution in [0.1, 0.15) is 40.5 Å². The van der Waals surface area contributed by atoms with E-state index in [-0.39, 0.29) is 18.1 Å². The highest BCUT2D eigenvalue weighted by atomic mass is 16.6. The van der Waals surface area contributed by atoms with Crippen LogP contribution in [-0.4, -0.2) is 29.2 Å². The van der Waals surface area contributed by atoms with E-state index in [1.165, 1.54) is 0 Å². The lowest BCUT2D eigenvalue weighted by Crippen LogP contribution is -2.42. The molecule has 0 bridgehead atoms. The van der Waals surface area contributed by atoms with Gasteiger partial charge in [0.05, 0.1) is 0 Å². The number of carbonyl (C=O) groups is 1. The molecule has 1 amide bonds. The van der Waals surface area contributed by atoms with Crippen LogP contribution in [0.5, 0.6) is 0 Å². The Morgan fingerprint density at radius 2 is 2.19 bits per heavy atom. The Hall–Kier alpha value is -1.17. The van der Waals surface area contributed by atoms with Gasteiger partial charge in [0, 0.05) is 18.5 Å². The molecule has 0 spiro atoms. The van der Waals surface area contributed by atoms with Gasteiger partial charge in [-0.25, -0.2) is 4.79 Å². The molecule has 3 nitrogen and oxygen atoms in total. The zero-order valence-corrected chi connectivity index (χ0v) is 10.6. The summed E-state index contributed by atoms with van der Waals surface area (Å²) in [5.41, 5.74) is -0.441. The van der Waals surface area contributed by atoms with Crippen molar-refractivity contribution in [3.05, 3.63) is 0 Å². The minimum atomic E-state index is -0.441. The number of likely N-dealkylation sites (tertiary alicyclic amines) is 1. The highest BCUT2D eigenvalue weighted by molar-refractivity contribution is 5.69. The molecular formula is C13H21NO2. The second-order valence-electron chi connectivity index (χ2n) is 5.34. The molecule has 1 saturated heterocycles. The molecule has 0 radical (unpaired) electrons. The smallest absolute Gasteiger partial charge is 0.410 e. The first-order valence-corrected chi connectivity index (χ1v) is 5.81. The minimum Gasteiger partial charge on any atom is -0.444 e. The van der Waals surface area contributed by atoms with Crippen molar-refractivity contribution in [1.29, 1.82) is 0 Å². The summed E-state index contributed by atoms with van der Waals surface area (Å²) in [4.78, 5) is 13.7. The van der Waals surface area contributed by atoms with Gasteiger partial charge in [-0.2, -0.15) is 0 Å². The lowest BCUT2D eigenvalue weighted by molar-refractivity contribution is 0.0203. The molecule has 0 aromatic carbocycles. The summed E-state index contributed by atoms with van der Waals surface area (Å²) in [6.45, 7) is 8.36. The van der Waals surface area contributed by atoms with Crippen LogP contribution in [0.15, 0.2) is 0 Å². The molecule has 1 aliphatic heterocycles. The third kappa shape index (κ3) is 3.16. The maximum absolute atomic E-state index is 11.9. The van der Waals surface area contributed by atoms with Gasteiger partial charge in [0.1, 0.15) is 5.60 Å². The maximum Gasteiger partial charge on any atom is 0.410 e. The van der Waals surface area contributed by atoms with E-state index >= 15 is 0 Å². The molecule has 2 atom stereocenters. The van der Waals surface area contributed by atoms with Gasteiger partial charge in [-0.05, 0) is 40.5 Å². The summed E-state index contributed by atoms with van der Waals surface area (Å²) < 4.78 is 5.36. The number of amides is 1. The largest absolute Gasteiger partial charge is 0.444 e. The second kappa shape index (κ2) is 4.78. The average molecular weight is 223 g/mol. The average Bonchev–Trinajstić information content (AvgIpc) is 2.62. The van der Waals surface area contributed by atoms with E-state index in [0.29, 0.717) is 0 Å². The number of hydrogen-bond donors (Lipinski definition) is 0.